The van der Waals surface area contributed by atoms with Crippen LogP contribution in [0.2, 0.25) is 5.02 Å². The lowest BCUT2D eigenvalue weighted by Gasteiger charge is -2.18. The first-order valence-corrected chi connectivity index (χ1v) is 12.7. The van der Waals surface area contributed by atoms with Crippen LogP contribution in [0.25, 0.3) is 22.2 Å². The van der Waals surface area contributed by atoms with E-state index in [0.29, 0.717) is 23.7 Å². The van der Waals surface area contributed by atoms with E-state index in [4.69, 9.17) is 16.0 Å². The predicted molar refractivity (Wildman–Crippen MR) is 140 cm³/mol. The Hall–Kier alpha value is -4.45. The fourth-order valence-electron chi connectivity index (χ4n) is 4.71. The third kappa shape index (κ3) is 4.64. The first-order chi connectivity index (χ1) is 19.1. The van der Waals surface area contributed by atoms with Gasteiger partial charge in [-0.3, -0.25) is 14.4 Å². The molecule has 2 aliphatic rings. The zero-order valence-electron chi connectivity index (χ0n) is 21.0. The van der Waals surface area contributed by atoms with Crippen LogP contribution in [0.4, 0.5) is 14.5 Å². The van der Waals surface area contributed by atoms with E-state index in [1.807, 2.05) is 0 Å². The average molecular weight is 571 g/mol. The fraction of sp³-hybridized carbons (Fsp3) is 0.259. The van der Waals surface area contributed by atoms with Crippen molar-refractivity contribution in [1.29, 1.82) is 0 Å². The molecule has 0 radical (unpaired) electrons. The average Bonchev–Trinajstić information content (AvgIpc) is 3.67. The van der Waals surface area contributed by atoms with Crippen molar-refractivity contribution in [2.75, 3.05) is 25.0 Å². The number of anilines is 1. The van der Waals surface area contributed by atoms with Crippen LogP contribution in [-0.2, 0) is 11.3 Å². The molecule has 2 aliphatic heterocycles. The van der Waals surface area contributed by atoms with Crippen molar-refractivity contribution in [2.24, 2.45) is 0 Å². The summed E-state index contributed by atoms with van der Waals surface area (Å²) in [4.78, 5) is 42.5. The Morgan fingerprint density at radius 3 is 2.58 bits per heavy atom. The number of amides is 2. The predicted octanol–water partition coefficient (Wildman–Crippen LogP) is 4.53. The number of hydrogen-bond donors (Lipinski definition) is 0. The molecule has 13 heteroatoms. The van der Waals surface area contributed by atoms with Crippen molar-refractivity contribution in [2.45, 2.75) is 25.7 Å². The minimum atomic E-state index is -3.80. The molecule has 40 heavy (non-hydrogen) atoms. The van der Waals surface area contributed by atoms with Gasteiger partial charge in [0.2, 0.25) is 5.91 Å². The second kappa shape index (κ2) is 9.63. The summed E-state index contributed by atoms with van der Waals surface area (Å²) in [5.74, 6) is -1.30. The van der Waals surface area contributed by atoms with Crippen LogP contribution in [0.5, 0.6) is 11.5 Å². The molecule has 0 atom stereocenters. The van der Waals surface area contributed by atoms with Gasteiger partial charge in [-0.05, 0) is 37.1 Å². The number of carbonyl (C=O) groups excluding carboxylic acids is 2. The molecule has 1 fully saturated rings. The molecule has 4 heterocycles. The minimum absolute atomic E-state index is 0.00238. The molecule has 6 rings (SSSR count). The normalized spacial score (nSPS) is 15.6. The van der Waals surface area contributed by atoms with E-state index in [1.54, 1.807) is 29.2 Å². The molecular weight excluding hydrogens is 550 g/mol. The topological polar surface area (TPSA) is 107 Å². The smallest absolute Gasteiger partial charge is 0.448 e. The summed E-state index contributed by atoms with van der Waals surface area (Å²) < 4.78 is 42.6. The number of ether oxygens (including phenoxy) is 2. The summed E-state index contributed by atoms with van der Waals surface area (Å²) in [6.45, 7) is 0.694. The van der Waals surface area contributed by atoms with Crippen molar-refractivity contribution >= 4 is 40.1 Å². The number of alkyl halides is 2. The van der Waals surface area contributed by atoms with Gasteiger partial charge in [0.05, 0.1) is 5.39 Å². The lowest BCUT2D eigenvalue weighted by molar-refractivity contribution is -0.286. The molecule has 10 nitrogen and oxygen atoms in total. The van der Waals surface area contributed by atoms with Crippen LogP contribution in [-0.4, -0.2) is 52.9 Å². The lowest BCUT2D eigenvalue weighted by atomic mass is 10.1. The number of halogens is 3. The molecule has 2 aromatic heterocycles. The maximum atomic E-state index is 13.5. The number of rotatable bonds is 5. The molecule has 1 saturated heterocycles. The Labute approximate surface area is 230 Å². The van der Waals surface area contributed by atoms with Gasteiger partial charge < -0.3 is 23.7 Å². The number of benzene rings is 2. The molecule has 0 spiro atoms. The molecule has 2 aromatic carbocycles. The maximum absolute atomic E-state index is 13.5. The Morgan fingerprint density at radius 1 is 1.07 bits per heavy atom. The van der Waals surface area contributed by atoms with Crippen molar-refractivity contribution in [3.63, 3.8) is 0 Å². The number of likely N-dealkylation sites (N-methyl/N-ethyl adjacent to an activating group) is 1. The zero-order valence-corrected chi connectivity index (χ0v) is 21.8. The Bertz CT molecular complexity index is 1730. The highest BCUT2D eigenvalue weighted by Crippen LogP contribution is 2.42. The highest BCUT2D eigenvalue weighted by Gasteiger charge is 2.43. The van der Waals surface area contributed by atoms with E-state index in [-0.39, 0.29) is 45.5 Å². The fourth-order valence-corrected chi connectivity index (χ4v) is 4.90. The number of nitrogens with zero attached hydrogens (tertiary/aromatic N) is 4. The first-order valence-electron chi connectivity index (χ1n) is 12.4. The van der Waals surface area contributed by atoms with Gasteiger partial charge in [-0.2, -0.15) is 5.10 Å². The third-order valence-corrected chi connectivity index (χ3v) is 7.00. The Kier molecular flexibility index (Phi) is 6.21. The summed E-state index contributed by atoms with van der Waals surface area (Å²) >= 11 is 6.20. The summed E-state index contributed by atoms with van der Waals surface area (Å²) in [5, 5.41) is 4.90. The van der Waals surface area contributed by atoms with Gasteiger partial charge in [-0.1, -0.05) is 23.7 Å². The summed E-state index contributed by atoms with van der Waals surface area (Å²) in [6, 6.07) is 12.0. The van der Waals surface area contributed by atoms with Gasteiger partial charge in [0, 0.05) is 48.5 Å². The Morgan fingerprint density at radius 2 is 1.82 bits per heavy atom. The molecule has 0 N–H and O–H groups in total. The number of hydrogen-bond acceptors (Lipinski definition) is 7. The van der Waals surface area contributed by atoms with E-state index in [0.717, 1.165) is 17.5 Å². The first kappa shape index (κ1) is 25.8. The monoisotopic (exact) mass is 570 g/mol. The van der Waals surface area contributed by atoms with E-state index in [2.05, 4.69) is 14.6 Å². The zero-order chi connectivity index (χ0) is 28.2. The van der Waals surface area contributed by atoms with Gasteiger partial charge in [0.1, 0.15) is 12.2 Å². The van der Waals surface area contributed by atoms with Crippen molar-refractivity contribution in [3.8, 4) is 22.8 Å². The summed E-state index contributed by atoms with van der Waals surface area (Å²) in [6.07, 6.45) is -2.03. The molecule has 2 amide bonds. The quantitative estimate of drug-likeness (QED) is 0.347. The standard InChI is InChI=1S/C27H21ClF2N4O6/c1-32(17-7-8-19-20(12-17)40-27(29,30)39-19)22(35)14-34-25(36)18-13-21(26(37)33-9-2-3-10-33)38-24(18)23(31-34)15-5-4-6-16(28)11-15/h4-8,11-13H,2-3,9-10,14H2,1H3. The minimum Gasteiger partial charge on any atom is -0.448 e. The van der Waals surface area contributed by atoms with Crippen LogP contribution in [0.3, 0.4) is 0 Å². The van der Waals surface area contributed by atoms with Crippen molar-refractivity contribution in [1.82, 2.24) is 14.7 Å². The largest absolute Gasteiger partial charge is 0.586 e. The van der Waals surface area contributed by atoms with Crippen LogP contribution in [0, 0.1) is 0 Å². The van der Waals surface area contributed by atoms with Crippen LogP contribution >= 0.6 is 11.6 Å². The van der Waals surface area contributed by atoms with Gasteiger partial charge in [-0.15, -0.1) is 8.78 Å². The molecular formula is C27H21ClF2N4O6. The molecule has 4 aromatic rings. The van der Waals surface area contributed by atoms with Crippen molar-refractivity contribution < 1.29 is 32.3 Å². The number of aromatic nitrogens is 2. The summed E-state index contributed by atoms with van der Waals surface area (Å²) in [5.41, 5.74) is 0.424. The lowest BCUT2D eigenvalue weighted by Crippen LogP contribution is -2.35. The number of carbonyl (C=O) groups is 2. The highest BCUT2D eigenvalue weighted by atomic mass is 35.5. The molecule has 0 aliphatic carbocycles. The van der Waals surface area contributed by atoms with E-state index >= 15 is 0 Å². The Balaban J connectivity index is 1.37. The van der Waals surface area contributed by atoms with Gasteiger partial charge in [-0.25, -0.2) is 4.68 Å². The molecule has 206 valence electrons. The van der Waals surface area contributed by atoms with Crippen LogP contribution in [0.15, 0.2) is 57.7 Å². The SMILES string of the molecule is CN(C(=O)Cn1nc(-c2cccc(Cl)c2)c2oc(C(=O)N3CCCC3)cc2c1=O)c1ccc2c(c1)OC(F)(F)O2. The number of fused-ring (bicyclic) bond motifs is 2. The highest BCUT2D eigenvalue weighted by molar-refractivity contribution is 6.30. The van der Waals surface area contributed by atoms with Gasteiger partial charge >= 0.3 is 6.29 Å². The van der Waals surface area contributed by atoms with Gasteiger partial charge in [0.15, 0.2) is 22.8 Å². The maximum Gasteiger partial charge on any atom is 0.586 e. The third-order valence-electron chi connectivity index (χ3n) is 6.77. The van der Waals surface area contributed by atoms with E-state index < -0.39 is 24.3 Å². The molecule has 0 saturated carbocycles. The van der Waals surface area contributed by atoms with Crippen molar-refractivity contribution in [3.05, 3.63) is 69.7 Å². The molecule has 0 unspecified atom stereocenters. The van der Waals surface area contributed by atoms with E-state index in [9.17, 15) is 23.2 Å². The summed E-state index contributed by atoms with van der Waals surface area (Å²) in [7, 11) is 1.42. The molecule has 0 bridgehead atoms. The second-order valence-electron chi connectivity index (χ2n) is 9.43. The van der Waals surface area contributed by atoms with Crippen LogP contribution in [0.1, 0.15) is 23.4 Å². The number of likely N-dealkylation sites (tertiary alicyclic amines) is 1. The van der Waals surface area contributed by atoms with Gasteiger partial charge in [0.25, 0.3) is 11.5 Å². The van der Waals surface area contributed by atoms with Crippen LogP contribution < -0.4 is 19.9 Å². The second-order valence-corrected chi connectivity index (χ2v) is 9.86. The number of furan rings is 1. The van der Waals surface area contributed by atoms with E-state index in [1.165, 1.54) is 36.2 Å².